The fraction of sp³-hybridized carbons (Fsp3) is 0.381. The van der Waals surface area contributed by atoms with Gasteiger partial charge < -0.3 is 0 Å². The van der Waals surface area contributed by atoms with Crippen LogP contribution in [0.5, 0.6) is 0 Å². The first-order chi connectivity index (χ1) is 12.0. The summed E-state index contributed by atoms with van der Waals surface area (Å²) in [6, 6.07) is 14.6. The molecule has 3 nitrogen and oxygen atoms in total. The Morgan fingerprint density at radius 1 is 1.00 bits per heavy atom. The first kappa shape index (κ1) is 18.0. The molecule has 2 aromatic carbocycles. The van der Waals surface area contributed by atoms with Gasteiger partial charge in [0.1, 0.15) is 0 Å². The molecule has 132 valence electrons. The Kier molecular flexibility index (Phi) is 5.77. The number of benzene rings is 2. The van der Waals surface area contributed by atoms with Gasteiger partial charge in [-0.1, -0.05) is 47.5 Å². The van der Waals surface area contributed by atoms with Gasteiger partial charge in [-0.25, -0.2) is 0 Å². The largest absolute Gasteiger partial charge is 0.295 e. The van der Waals surface area contributed by atoms with Gasteiger partial charge in [-0.2, -0.15) is 5.10 Å². The molecule has 0 spiro atoms. The zero-order chi connectivity index (χ0) is 17.8. The number of hydrazone groups is 1. The van der Waals surface area contributed by atoms with Crippen molar-refractivity contribution in [3.8, 4) is 0 Å². The van der Waals surface area contributed by atoms with Gasteiger partial charge in [0.15, 0.2) is 0 Å². The van der Waals surface area contributed by atoms with Gasteiger partial charge in [-0.05, 0) is 49.6 Å². The fourth-order valence-corrected chi connectivity index (χ4v) is 3.35. The second-order valence-corrected chi connectivity index (χ2v) is 7.29. The van der Waals surface area contributed by atoms with E-state index in [0.717, 1.165) is 49.0 Å². The minimum atomic E-state index is 0.761. The highest BCUT2D eigenvalue weighted by Gasteiger charge is 2.16. The minimum Gasteiger partial charge on any atom is -0.295 e. The molecule has 1 fully saturated rings. The van der Waals surface area contributed by atoms with E-state index in [4.69, 9.17) is 16.7 Å². The van der Waals surface area contributed by atoms with Crippen LogP contribution in [0.3, 0.4) is 0 Å². The Hall–Kier alpha value is -1.84. The van der Waals surface area contributed by atoms with E-state index in [1.54, 1.807) is 0 Å². The molecule has 0 radical (unpaired) electrons. The van der Waals surface area contributed by atoms with Gasteiger partial charge in [0.25, 0.3) is 0 Å². The summed E-state index contributed by atoms with van der Waals surface area (Å²) in [6.45, 7) is 11.5. The summed E-state index contributed by atoms with van der Waals surface area (Å²) in [5.41, 5.74) is 6.32. The molecule has 0 aromatic heterocycles. The van der Waals surface area contributed by atoms with Crippen LogP contribution in [0.2, 0.25) is 5.02 Å². The summed E-state index contributed by atoms with van der Waals surface area (Å²) in [5, 5.41) is 7.73. The van der Waals surface area contributed by atoms with Crippen LogP contribution < -0.4 is 0 Å². The lowest BCUT2D eigenvalue weighted by molar-refractivity contribution is 0.130. The molecule has 4 heteroatoms. The third-order valence-corrected chi connectivity index (χ3v) is 5.05. The zero-order valence-corrected chi connectivity index (χ0v) is 16.1. The summed E-state index contributed by atoms with van der Waals surface area (Å²) in [4.78, 5) is 2.52. The Balaban J connectivity index is 1.56. The fourth-order valence-electron chi connectivity index (χ4n) is 3.22. The highest BCUT2D eigenvalue weighted by atomic mass is 35.5. The Labute approximate surface area is 155 Å². The standard InChI is InChI=1S/C21H26ClN3/c1-16-4-5-20(17(2)14-16)15-24-10-12-25(13-11-24)23-18(3)19-6-8-21(22)9-7-19/h4-9,14H,10-13,15H2,1-3H3/b23-18+. The monoisotopic (exact) mass is 355 g/mol. The topological polar surface area (TPSA) is 18.8 Å². The predicted molar refractivity (Wildman–Crippen MR) is 106 cm³/mol. The van der Waals surface area contributed by atoms with Crippen LogP contribution in [0.15, 0.2) is 47.6 Å². The van der Waals surface area contributed by atoms with Crippen molar-refractivity contribution in [1.82, 2.24) is 9.91 Å². The second-order valence-electron chi connectivity index (χ2n) is 6.85. The Morgan fingerprint density at radius 3 is 2.32 bits per heavy atom. The molecule has 0 amide bonds. The van der Waals surface area contributed by atoms with E-state index in [1.165, 1.54) is 16.7 Å². The highest BCUT2D eigenvalue weighted by molar-refractivity contribution is 6.30. The van der Waals surface area contributed by atoms with Crippen molar-refractivity contribution < 1.29 is 0 Å². The van der Waals surface area contributed by atoms with E-state index in [2.05, 4.69) is 48.9 Å². The summed E-state index contributed by atoms with van der Waals surface area (Å²) in [5.74, 6) is 0. The summed E-state index contributed by atoms with van der Waals surface area (Å²) < 4.78 is 0. The highest BCUT2D eigenvalue weighted by Crippen LogP contribution is 2.15. The predicted octanol–water partition coefficient (Wildman–Crippen LogP) is 4.50. The summed E-state index contributed by atoms with van der Waals surface area (Å²) in [6.07, 6.45) is 0. The van der Waals surface area contributed by atoms with E-state index in [-0.39, 0.29) is 0 Å². The maximum Gasteiger partial charge on any atom is 0.0646 e. The second kappa shape index (κ2) is 8.03. The summed E-state index contributed by atoms with van der Waals surface area (Å²) in [7, 11) is 0. The van der Waals surface area contributed by atoms with E-state index >= 15 is 0 Å². The first-order valence-corrected chi connectivity index (χ1v) is 9.23. The molecule has 25 heavy (non-hydrogen) atoms. The normalized spacial score (nSPS) is 16.3. The molecule has 0 N–H and O–H groups in total. The molecule has 1 aliphatic heterocycles. The van der Waals surface area contributed by atoms with Crippen molar-refractivity contribution in [2.75, 3.05) is 26.2 Å². The van der Waals surface area contributed by atoms with E-state index in [1.807, 2.05) is 24.3 Å². The minimum absolute atomic E-state index is 0.761. The number of halogens is 1. The quantitative estimate of drug-likeness (QED) is 0.752. The average molecular weight is 356 g/mol. The molecule has 0 unspecified atom stereocenters. The Morgan fingerprint density at radius 2 is 1.68 bits per heavy atom. The lowest BCUT2D eigenvalue weighted by Crippen LogP contribution is -2.43. The molecular weight excluding hydrogens is 330 g/mol. The zero-order valence-electron chi connectivity index (χ0n) is 15.3. The van der Waals surface area contributed by atoms with Gasteiger partial charge >= 0.3 is 0 Å². The van der Waals surface area contributed by atoms with Crippen molar-refractivity contribution in [3.05, 3.63) is 69.7 Å². The van der Waals surface area contributed by atoms with Crippen LogP contribution in [0.1, 0.15) is 29.2 Å². The maximum atomic E-state index is 5.95. The molecule has 1 aliphatic rings. The molecule has 2 aromatic rings. The van der Waals surface area contributed by atoms with Gasteiger partial charge in [0, 0.05) is 37.7 Å². The van der Waals surface area contributed by atoms with Crippen molar-refractivity contribution in [2.45, 2.75) is 27.3 Å². The molecule has 0 bridgehead atoms. The van der Waals surface area contributed by atoms with Gasteiger partial charge in [-0.3, -0.25) is 9.91 Å². The van der Waals surface area contributed by atoms with Crippen molar-refractivity contribution >= 4 is 17.3 Å². The van der Waals surface area contributed by atoms with Gasteiger partial charge in [0.05, 0.1) is 5.71 Å². The van der Waals surface area contributed by atoms with Crippen molar-refractivity contribution in [2.24, 2.45) is 5.10 Å². The lowest BCUT2D eigenvalue weighted by Gasteiger charge is -2.33. The average Bonchev–Trinajstić information content (AvgIpc) is 2.59. The molecule has 1 saturated heterocycles. The first-order valence-electron chi connectivity index (χ1n) is 8.86. The van der Waals surface area contributed by atoms with Crippen molar-refractivity contribution in [1.29, 1.82) is 0 Å². The van der Waals surface area contributed by atoms with E-state index < -0.39 is 0 Å². The van der Waals surface area contributed by atoms with Gasteiger partial charge in [-0.15, -0.1) is 0 Å². The van der Waals surface area contributed by atoms with Crippen LogP contribution in [0.25, 0.3) is 0 Å². The number of rotatable bonds is 4. The Bertz CT molecular complexity index is 744. The maximum absolute atomic E-state index is 5.95. The van der Waals surface area contributed by atoms with Gasteiger partial charge in [0.2, 0.25) is 0 Å². The molecule has 0 aliphatic carbocycles. The molecule has 1 heterocycles. The summed E-state index contributed by atoms with van der Waals surface area (Å²) >= 11 is 5.95. The number of nitrogens with zero attached hydrogens (tertiary/aromatic N) is 3. The molecule has 0 saturated carbocycles. The number of piperazine rings is 1. The third-order valence-electron chi connectivity index (χ3n) is 4.79. The smallest absolute Gasteiger partial charge is 0.0646 e. The molecule has 3 rings (SSSR count). The third kappa shape index (κ3) is 4.83. The molecule has 0 atom stereocenters. The molecular formula is C21H26ClN3. The van der Waals surface area contributed by atoms with Crippen LogP contribution in [0.4, 0.5) is 0 Å². The van der Waals surface area contributed by atoms with Crippen LogP contribution in [-0.2, 0) is 6.54 Å². The van der Waals surface area contributed by atoms with E-state index in [0.29, 0.717) is 0 Å². The SMILES string of the molecule is C/C(=N\N1CCN(Cc2ccc(C)cc2C)CC1)c1ccc(Cl)cc1. The number of hydrogen-bond donors (Lipinski definition) is 0. The van der Waals surface area contributed by atoms with Crippen LogP contribution >= 0.6 is 11.6 Å². The lowest BCUT2D eigenvalue weighted by atomic mass is 10.1. The van der Waals surface area contributed by atoms with E-state index in [9.17, 15) is 0 Å². The van der Waals surface area contributed by atoms with Crippen molar-refractivity contribution in [3.63, 3.8) is 0 Å². The van der Waals surface area contributed by atoms with Crippen LogP contribution in [0, 0.1) is 13.8 Å². The number of aryl methyl sites for hydroxylation is 2. The van der Waals surface area contributed by atoms with Crippen LogP contribution in [-0.4, -0.2) is 41.8 Å². The number of hydrogen-bond acceptors (Lipinski definition) is 3.